The maximum Gasteiger partial charge on any atom is 0.338 e. The molecule has 0 N–H and O–H groups in total. The second-order valence-electron chi connectivity index (χ2n) is 22.2. The van der Waals surface area contributed by atoms with Crippen molar-refractivity contribution in [2.75, 3.05) is 13.7 Å². The molecule has 4 aliphatic rings. The van der Waals surface area contributed by atoms with Gasteiger partial charge in [0, 0.05) is 29.4 Å². The standard InChI is InChI=1S/C59H64O13Si2/c1-56(2,3)73(8,9)71-45-34-37(32-43-48(45)69-58(67-43,39-24-16-12-17-25-39)40-26-18-13-19-27-40)53(60)65-50-47-36-63-55(64-47)52(51(50)62-7)66-54(61)38-33-44-49(46(35-38)72-74(10,11)57(4,5)6)70-59(68-44,41-28-20-14-21-29-41)42-30-22-15-23-31-42/h12-35,47,50-52,55H,36H2,1-11H3/t47-,50-,51+,52-,55-/m1/s1. The third kappa shape index (κ3) is 9.12. The van der Waals surface area contributed by atoms with Gasteiger partial charge in [-0.1, -0.05) is 163 Å². The molecule has 0 aliphatic carbocycles. The lowest BCUT2D eigenvalue weighted by molar-refractivity contribution is -0.234. The van der Waals surface area contributed by atoms with Crippen molar-refractivity contribution in [2.24, 2.45) is 0 Å². The van der Waals surface area contributed by atoms with Gasteiger partial charge in [-0.3, -0.25) is 0 Å². The van der Waals surface area contributed by atoms with Crippen LogP contribution in [-0.2, 0) is 35.3 Å². The molecule has 2 saturated heterocycles. The van der Waals surface area contributed by atoms with Crippen LogP contribution in [0.3, 0.4) is 0 Å². The fourth-order valence-electron chi connectivity index (χ4n) is 9.08. The lowest BCUT2D eigenvalue weighted by Gasteiger charge is -2.39. The minimum Gasteiger partial charge on any atom is -0.541 e. The third-order valence-electron chi connectivity index (χ3n) is 15.2. The van der Waals surface area contributed by atoms with Crippen molar-refractivity contribution in [2.45, 2.75) is 120 Å². The molecule has 6 aromatic carbocycles. The van der Waals surface area contributed by atoms with E-state index in [0.29, 0.717) is 34.5 Å². The molecule has 0 saturated carbocycles. The zero-order valence-electron chi connectivity index (χ0n) is 43.8. The molecule has 5 atom stereocenters. The van der Waals surface area contributed by atoms with E-state index in [-0.39, 0.29) is 27.8 Å². The van der Waals surface area contributed by atoms with Crippen LogP contribution >= 0.6 is 0 Å². The highest BCUT2D eigenvalue weighted by molar-refractivity contribution is 6.75. The van der Waals surface area contributed by atoms with Crippen LogP contribution < -0.4 is 27.8 Å². The zero-order valence-corrected chi connectivity index (χ0v) is 45.8. The summed E-state index contributed by atoms with van der Waals surface area (Å²) in [5, 5.41) is -0.425. The minimum absolute atomic E-state index is 0.0453. The van der Waals surface area contributed by atoms with Gasteiger partial charge in [-0.05, 0) is 60.5 Å². The molecule has 74 heavy (non-hydrogen) atoms. The molecule has 4 aliphatic heterocycles. The molecule has 2 fully saturated rings. The number of rotatable bonds is 13. The van der Waals surface area contributed by atoms with Crippen molar-refractivity contribution in [3.05, 3.63) is 179 Å². The van der Waals surface area contributed by atoms with Gasteiger partial charge in [0.05, 0.1) is 17.7 Å². The van der Waals surface area contributed by atoms with Crippen molar-refractivity contribution < 1.29 is 61.1 Å². The smallest absolute Gasteiger partial charge is 0.338 e. The SMILES string of the molecule is CO[C@@H]1[C@@H](OC(=O)c2cc3c(c(O[Si](C)(C)C(C)(C)C)c2)OC(c2ccccc2)(c2ccccc2)O3)[C@@H]2OC[C@@H](O2)[C@H]1OC(=O)c1cc2c(c(O[Si](C)(C)C(C)(C)C)c1)OC(c1ccccc1)(c1ccccc1)O2. The molecule has 0 unspecified atom stereocenters. The van der Waals surface area contributed by atoms with Crippen molar-refractivity contribution in [1.29, 1.82) is 0 Å². The van der Waals surface area contributed by atoms with Crippen LogP contribution in [0.1, 0.15) is 84.5 Å². The highest BCUT2D eigenvalue weighted by Gasteiger charge is 2.56. The Hall–Kier alpha value is -6.63. The minimum atomic E-state index is -2.56. The Labute approximate surface area is 435 Å². The first-order valence-corrected chi connectivity index (χ1v) is 30.9. The van der Waals surface area contributed by atoms with Gasteiger partial charge < -0.3 is 51.5 Å². The van der Waals surface area contributed by atoms with E-state index in [1.165, 1.54) is 7.11 Å². The Morgan fingerprint density at radius 2 is 0.878 bits per heavy atom. The van der Waals surface area contributed by atoms with E-state index in [1.807, 2.05) is 121 Å². The summed E-state index contributed by atoms with van der Waals surface area (Å²) < 4.78 is 72.7. The van der Waals surface area contributed by atoms with Gasteiger partial charge in [-0.15, -0.1) is 0 Å². The van der Waals surface area contributed by atoms with E-state index >= 15 is 0 Å². The van der Waals surface area contributed by atoms with Crippen molar-refractivity contribution in [3.63, 3.8) is 0 Å². The summed E-state index contributed by atoms with van der Waals surface area (Å²) in [5.74, 6) is -2.26. The first-order valence-electron chi connectivity index (χ1n) is 25.1. The van der Waals surface area contributed by atoms with E-state index < -0.39 is 70.9 Å². The Kier molecular flexibility index (Phi) is 13.0. The summed E-state index contributed by atoms with van der Waals surface area (Å²) in [5.41, 5.74) is 3.24. The number of hydrogen-bond acceptors (Lipinski definition) is 13. The quantitative estimate of drug-likeness (QED) is 0.0803. The lowest BCUT2D eigenvalue weighted by Crippen LogP contribution is -2.57. The second kappa shape index (κ2) is 18.9. The molecule has 10 rings (SSSR count). The summed E-state index contributed by atoms with van der Waals surface area (Å²) >= 11 is 0. The number of carbonyl (C=O) groups excluding carboxylic acids is 2. The van der Waals surface area contributed by atoms with Crippen LogP contribution in [-0.4, -0.2) is 73.0 Å². The summed E-state index contributed by atoms with van der Waals surface area (Å²) in [4.78, 5) is 29.5. The fourth-order valence-corrected chi connectivity index (χ4v) is 11.1. The highest BCUT2D eigenvalue weighted by atomic mass is 28.4. The normalized spacial score (nSPS) is 21.4. The molecule has 2 bridgehead atoms. The molecular weight excluding hydrogens is 973 g/mol. The summed E-state index contributed by atoms with van der Waals surface area (Å²) in [7, 11) is -3.65. The van der Waals surface area contributed by atoms with E-state index in [2.05, 4.69) is 67.7 Å². The molecule has 15 heteroatoms. The average molecular weight is 1040 g/mol. The highest BCUT2D eigenvalue weighted by Crippen LogP contribution is 2.56. The van der Waals surface area contributed by atoms with Gasteiger partial charge in [-0.25, -0.2) is 9.59 Å². The van der Waals surface area contributed by atoms with Crippen LogP contribution in [0.15, 0.2) is 146 Å². The maximum absolute atomic E-state index is 14.7. The number of fused-ring (bicyclic) bond motifs is 4. The first kappa shape index (κ1) is 50.9. The molecule has 13 nitrogen and oxygen atoms in total. The summed E-state index contributed by atoms with van der Waals surface area (Å²) in [6.45, 7) is 21.3. The number of benzene rings is 6. The molecule has 6 aromatic rings. The van der Waals surface area contributed by atoms with Crippen molar-refractivity contribution >= 4 is 28.6 Å². The van der Waals surface area contributed by atoms with E-state index in [9.17, 15) is 9.59 Å². The van der Waals surface area contributed by atoms with Crippen molar-refractivity contribution in [3.8, 4) is 34.5 Å². The maximum atomic E-state index is 14.7. The van der Waals surface area contributed by atoms with Gasteiger partial charge in [0.15, 0.2) is 41.5 Å². The fraction of sp³-hybridized carbons (Fsp3) is 0.356. The van der Waals surface area contributed by atoms with Gasteiger partial charge >= 0.3 is 23.5 Å². The molecule has 386 valence electrons. The Balaban J connectivity index is 0.968. The molecule has 0 amide bonds. The van der Waals surface area contributed by atoms with Gasteiger partial charge in [0.1, 0.15) is 12.2 Å². The Morgan fingerprint density at radius 1 is 0.514 bits per heavy atom. The van der Waals surface area contributed by atoms with Crippen LogP contribution in [0.5, 0.6) is 34.5 Å². The molecule has 4 heterocycles. The number of methoxy groups -OCH3 is 1. The van der Waals surface area contributed by atoms with Crippen LogP contribution in [0.2, 0.25) is 36.3 Å². The average Bonchev–Trinajstić information content (AvgIpc) is 4.12. The van der Waals surface area contributed by atoms with Gasteiger partial charge in [0.25, 0.3) is 16.6 Å². The van der Waals surface area contributed by atoms with E-state index in [4.69, 9.17) is 51.5 Å². The van der Waals surface area contributed by atoms with Crippen molar-refractivity contribution in [1.82, 2.24) is 0 Å². The van der Waals surface area contributed by atoms with Gasteiger partial charge in [0.2, 0.25) is 11.5 Å². The van der Waals surface area contributed by atoms with Crippen LogP contribution in [0.25, 0.3) is 0 Å². The molecule has 0 spiro atoms. The number of esters is 2. The molecule has 0 aromatic heterocycles. The zero-order chi connectivity index (χ0) is 52.4. The predicted octanol–water partition coefficient (Wildman–Crippen LogP) is 12.3. The Morgan fingerprint density at radius 3 is 1.23 bits per heavy atom. The summed E-state index contributed by atoms with van der Waals surface area (Å²) in [6, 6.07) is 45.0. The lowest BCUT2D eigenvalue weighted by atomic mass is 9.97. The first-order chi connectivity index (χ1) is 35.1. The largest absolute Gasteiger partial charge is 0.541 e. The third-order valence-corrected chi connectivity index (χ3v) is 23.9. The van der Waals surface area contributed by atoms with E-state index in [0.717, 1.165) is 22.3 Å². The topological polar surface area (TPSA) is 136 Å². The molecular formula is C59H64O13Si2. The van der Waals surface area contributed by atoms with Gasteiger partial charge in [-0.2, -0.15) is 0 Å². The monoisotopic (exact) mass is 1040 g/mol. The van der Waals surface area contributed by atoms with Crippen LogP contribution in [0.4, 0.5) is 0 Å². The summed E-state index contributed by atoms with van der Waals surface area (Å²) in [6.07, 6.45) is -5.06. The van der Waals surface area contributed by atoms with Crippen LogP contribution in [0, 0.1) is 0 Å². The van der Waals surface area contributed by atoms with E-state index in [1.54, 1.807) is 24.3 Å². The number of hydrogen-bond donors (Lipinski definition) is 0. The molecule has 0 radical (unpaired) electrons. The number of ether oxygens (including phenoxy) is 9. The number of carbonyl (C=O) groups is 2. The Bertz CT molecular complexity index is 2750. The second-order valence-corrected chi connectivity index (χ2v) is 31.7. The predicted molar refractivity (Wildman–Crippen MR) is 282 cm³/mol.